The van der Waals surface area contributed by atoms with E-state index >= 15 is 0 Å². The number of fused-ring (bicyclic) bond motifs is 1. The molecule has 3 atom stereocenters. The minimum Gasteiger partial charge on any atom is -0.402 e. The predicted molar refractivity (Wildman–Crippen MR) is 103 cm³/mol. The number of Topliss-reactive ketones (excluding diaryl/α,β-unsaturated/α-hetero) is 1. The fourth-order valence-electron chi connectivity index (χ4n) is 4.63. The highest BCUT2D eigenvalue weighted by atomic mass is 28.4. The number of hydrogen-bond acceptors (Lipinski definition) is 2. The van der Waals surface area contributed by atoms with Crippen LogP contribution in [0.5, 0.6) is 0 Å². The summed E-state index contributed by atoms with van der Waals surface area (Å²) in [4.78, 5) is 12.3. The molecule has 1 saturated carbocycles. The van der Waals surface area contributed by atoms with Gasteiger partial charge in [-0.15, -0.1) is 0 Å². The SMILES string of the molecule is C[C@H](CC#CC(C)(C)O[Si](C)(C)C)C1=CCC2C(=O)CCC[C@]12C. The van der Waals surface area contributed by atoms with E-state index in [-0.39, 0.29) is 16.9 Å². The van der Waals surface area contributed by atoms with Crippen molar-refractivity contribution in [2.24, 2.45) is 17.3 Å². The van der Waals surface area contributed by atoms with Crippen molar-refractivity contribution in [3.63, 3.8) is 0 Å². The average molecular weight is 347 g/mol. The Kier molecular flexibility index (Phi) is 5.52. The zero-order valence-electron chi connectivity index (χ0n) is 16.6. The summed E-state index contributed by atoms with van der Waals surface area (Å²) in [7, 11) is -1.59. The normalized spacial score (nSPS) is 28.7. The zero-order valence-corrected chi connectivity index (χ0v) is 17.6. The molecular weight excluding hydrogens is 312 g/mol. The molecule has 2 rings (SSSR count). The Bertz CT molecular complexity index is 585. The molecule has 0 aliphatic heterocycles. The van der Waals surface area contributed by atoms with E-state index in [1.807, 2.05) is 0 Å². The fourth-order valence-corrected chi connectivity index (χ4v) is 6.21. The largest absolute Gasteiger partial charge is 0.402 e. The highest BCUT2D eigenvalue weighted by molar-refractivity contribution is 6.69. The molecule has 1 unspecified atom stereocenters. The molecule has 0 N–H and O–H groups in total. The van der Waals surface area contributed by atoms with Crippen LogP contribution in [-0.2, 0) is 9.22 Å². The molecule has 0 aromatic carbocycles. The van der Waals surface area contributed by atoms with Crippen LogP contribution in [0.15, 0.2) is 11.6 Å². The molecule has 2 aliphatic rings. The van der Waals surface area contributed by atoms with E-state index in [9.17, 15) is 4.79 Å². The van der Waals surface area contributed by atoms with Crippen LogP contribution in [-0.4, -0.2) is 19.7 Å². The van der Waals surface area contributed by atoms with Gasteiger partial charge in [0.1, 0.15) is 11.4 Å². The number of carbonyl (C=O) groups excluding carboxylic acids is 1. The Labute approximate surface area is 149 Å². The Morgan fingerprint density at radius 3 is 2.71 bits per heavy atom. The van der Waals surface area contributed by atoms with Gasteiger partial charge in [0.05, 0.1) is 0 Å². The van der Waals surface area contributed by atoms with Crippen LogP contribution in [0.3, 0.4) is 0 Å². The molecule has 3 heteroatoms. The Morgan fingerprint density at radius 1 is 1.42 bits per heavy atom. The van der Waals surface area contributed by atoms with E-state index < -0.39 is 8.32 Å². The molecule has 0 bridgehead atoms. The molecule has 0 radical (unpaired) electrons. The van der Waals surface area contributed by atoms with Crippen LogP contribution in [0.4, 0.5) is 0 Å². The highest BCUT2D eigenvalue weighted by Crippen LogP contribution is 2.53. The van der Waals surface area contributed by atoms with Crippen molar-refractivity contribution in [1.29, 1.82) is 0 Å². The Balaban J connectivity index is 2.03. The molecular formula is C21H34O2Si. The van der Waals surface area contributed by atoms with Gasteiger partial charge in [0.15, 0.2) is 8.32 Å². The van der Waals surface area contributed by atoms with Crippen molar-refractivity contribution in [3.05, 3.63) is 11.6 Å². The van der Waals surface area contributed by atoms with Gasteiger partial charge in [-0.25, -0.2) is 0 Å². The standard InChI is InChI=1S/C21H34O2Si/c1-16(10-8-14-20(2,3)23-24(5,6)7)17-12-13-18-19(22)11-9-15-21(17,18)4/h12,16,18H,9-11,13,15H2,1-7H3/t16-,18?,21-/m1/s1. The number of allylic oxidation sites excluding steroid dienone is 2. The summed E-state index contributed by atoms with van der Waals surface area (Å²) in [5.74, 6) is 7.82. The van der Waals surface area contributed by atoms with Gasteiger partial charge < -0.3 is 4.43 Å². The number of rotatable bonds is 4. The number of hydrogen-bond donors (Lipinski definition) is 0. The predicted octanol–water partition coefficient (Wildman–Crippen LogP) is 5.35. The van der Waals surface area contributed by atoms with Crippen molar-refractivity contribution in [3.8, 4) is 11.8 Å². The Morgan fingerprint density at radius 2 is 2.08 bits per heavy atom. The van der Waals surface area contributed by atoms with Crippen LogP contribution >= 0.6 is 0 Å². The molecule has 0 amide bonds. The first-order valence-corrected chi connectivity index (χ1v) is 12.8. The maximum Gasteiger partial charge on any atom is 0.185 e. The molecule has 0 aromatic heterocycles. The van der Waals surface area contributed by atoms with Crippen molar-refractivity contribution in [1.82, 2.24) is 0 Å². The van der Waals surface area contributed by atoms with Crippen molar-refractivity contribution >= 4 is 14.1 Å². The summed E-state index contributed by atoms with van der Waals surface area (Å²) < 4.78 is 6.16. The van der Waals surface area contributed by atoms with Crippen LogP contribution in [0, 0.1) is 29.1 Å². The Hall–Kier alpha value is -0.853. The number of ketones is 1. The van der Waals surface area contributed by atoms with Crippen molar-refractivity contribution in [2.45, 2.75) is 85.0 Å². The molecule has 0 saturated heterocycles. The summed E-state index contributed by atoms with van der Waals surface area (Å²) >= 11 is 0. The van der Waals surface area contributed by atoms with E-state index in [4.69, 9.17) is 4.43 Å². The van der Waals surface area contributed by atoms with Gasteiger partial charge in [-0.05, 0) is 64.1 Å². The maximum atomic E-state index is 12.3. The second-order valence-corrected chi connectivity index (χ2v) is 13.7. The lowest BCUT2D eigenvalue weighted by Crippen LogP contribution is -2.37. The lowest BCUT2D eigenvalue weighted by Gasteiger charge is -2.39. The third-order valence-electron chi connectivity index (χ3n) is 5.40. The molecule has 134 valence electrons. The minimum absolute atomic E-state index is 0.0841. The topological polar surface area (TPSA) is 26.3 Å². The van der Waals surface area contributed by atoms with Crippen molar-refractivity contribution < 1.29 is 9.22 Å². The van der Waals surface area contributed by atoms with E-state index in [0.29, 0.717) is 11.7 Å². The van der Waals surface area contributed by atoms with Crippen LogP contribution in [0.2, 0.25) is 19.6 Å². The van der Waals surface area contributed by atoms with Crippen LogP contribution in [0.25, 0.3) is 0 Å². The van der Waals surface area contributed by atoms with Gasteiger partial charge in [-0.2, -0.15) is 0 Å². The molecule has 0 spiro atoms. The molecule has 2 aliphatic carbocycles. The van der Waals surface area contributed by atoms with E-state index in [0.717, 1.165) is 32.1 Å². The van der Waals surface area contributed by atoms with Gasteiger partial charge in [-0.3, -0.25) is 4.79 Å². The van der Waals surface area contributed by atoms with Gasteiger partial charge in [0.25, 0.3) is 0 Å². The first-order chi connectivity index (χ1) is 10.9. The first kappa shape index (κ1) is 19.5. The second kappa shape index (κ2) is 6.81. The average Bonchev–Trinajstić information content (AvgIpc) is 2.74. The summed E-state index contributed by atoms with van der Waals surface area (Å²) in [5.41, 5.74) is 1.18. The van der Waals surface area contributed by atoms with Gasteiger partial charge in [0.2, 0.25) is 0 Å². The highest BCUT2D eigenvalue weighted by Gasteiger charge is 2.47. The van der Waals surface area contributed by atoms with Gasteiger partial charge in [0, 0.05) is 18.8 Å². The number of carbonyl (C=O) groups is 1. The first-order valence-electron chi connectivity index (χ1n) is 9.38. The van der Waals surface area contributed by atoms with E-state index in [1.54, 1.807) is 0 Å². The maximum absolute atomic E-state index is 12.3. The third-order valence-corrected chi connectivity index (χ3v) is 6.52. The van der Waals surface area contributed by atoms with Crippen LogP contribution < -0.4 is 0 Å². The second-order valence-electron chi connectivity index (χ2n) is 9.32. The lowest BCUT2D eigenvalue weighted by molar-refractivity contribution is -0.128. The fraction of sp³-hybridized carbons (Fsp3) is 0.762. The van der Waals surface area contributed by atoms with Crippen LogP contribution in [0.1, 0.15) is 59.8 Å². The molecule has 2 nitrogen and oxygen atoms in total. The van der Waals surface area contributed by atoms with E-state index in [1.165, 1.54) is 5.57 Å². The quantitative estimate of drug-likeness (QED) is 0.389. The molecule has 1 fully saturated rings. The summed E-state index contributed by atoms with van der Waals surface area (Å²) in [6.45, 7) is 15.3. The molecule has 0 aromatic rings. The summed E-state index contributed by atoms with van der Waals surface area (Å²) in [6, 6.07) is 0. The summed E-state index contributed by atoms with van der Waals surface area (Å²) in [6.07, 6.45) is 7.09. The monoisotopic (exact) mass is 346 g/mol. The lowest BCUT2D eigenvalue weighted by atomic mass is 9.63. The van der Waals surface area contributed by atoms with Gasteiger partial charge in [-0.1, -0.05) is 37.3 Å². The van der Waals surface area contributed by atoms with Crippen molar-refractivity contribution in [2.75, 3.05) is 0 Å². The minimum atomic E-state index is -1.59. The van der Waals surface area contributed by atoms with E-state index in [2.05, 4.69) is 65.3 Å². The third kappa shape index (κ3) is 4.40. The molecule has 0 heterocycles. The summed E-state index contributed by atoms with van der Waals surface area (Å²) in [5, 5.41) is 0. The molecule has 24 heavy (non-hydrogen) atoms. The van der Waals surface area contributed by atoms with Gasteiger partial charge >= 0.3 is 0 Å². The smallest absolute Gasteiger partial charge is 0.185 e. The zero-order chi connectivity index (χ0) is 18.2.